The number of pyridine rings is 1. The molecule has 0 amide bonds. The van der Waals surface area contributed by atoms with Gasteiger partial charge in [0.15, 0.2) is 5.65 Å². The maximum Gasteiger partial charge on any atom is 0.150 e. The van der Waals surface area contributed by atoms with Crippen molar-refractivity contribution in [2.45, 2.75) is 26.1 Å². The first-order valence-corrected chi connectivity index (χ1v) is 7.78. The smallest absolute Gasteiger partial charge is 0.150 e. The van der Waals surface area contributed by atoms with E-state index in [1.807, 2.05) is 12.4 Å². The van der Waals surface area contributed by atoms with E-state index in [2.05, 4.69) is 65.2 Å². The fourth-order valence-corrected chi connectivity index (χ4v) is 3.78. The zero-order valence-corrected chi connectivity index (χ0v) is 13.9. The number of ether oxygens (including phenoxy) is 1. The lowest BCUT2D eigenvalue weighted by molar-refractivity contribution is -0.00522. The highest BCUT2D eigenvalue weighted by Gasteiger charge is 2.23. The lowest BCUT2D eigenvalue weighted by Crippen LogP contribution is -2.45. The molecule has 2 aromatic rings. The van der Waals surface area contributed by atoms with Crippen molar-refractivity contribution >= 4 is 52.1 Å². The number of aromatic nitrogens is 2. The summed E-state index contributed by atoms with van der Waals surface area (Å²) in [6.07, 6.45) is 4.42. The van der Waals surface area contributed by atoms with Crippen LogP contribution in [0, 0.1) is 3.57 Å². The van der Waals surface area contributed by atoms with Crippen LogP contribution in [0.5, 0.6) is 0 Å². The van der Waals surface area contributed by atoms with Gasteiger partial charge in [0.05, 0.1) is 24.1 Å². The summed E-state index contributed by atoms with van der Waals surface area (Å²) in [7, 11) is 0. The summed E-state index contributed by atoms with van der Waals surface area (Å²) in [5, 5.41) is 1.15. The van der Waals surface area contributed by atoms with Crippen molar-refractivity contribution in [1.82, 2.24) is 8.96 Å². The van der Waals surface area contributed by atoms with Gasteiger partial charge in [-0.25, -0.2) is 4.98 Å². The van der Waals surface area contributed by atoms with Crippen LogP contribution < -0.4 is 4.90 Å². The second kappa shape index (κ2) is 5.14. The number of anilines is 1. The SMILES string of the molecule is C[C@@H]1CN(c2cnc3c(c2)c(I)cn3S)C[C@H](C)O1. The summed E-state index contributed by atoms with van der Waals surface area (Å²) in [6.45, 7) is 6.05. The molecule has 0 saturated carbocycles. The maximum atomic E-state index is 5.77. The number of hydrogen-bond donors (Lipinski definition) is 1. The zero-order valence-electron chi connectivity index (χ0n) is 10.9. The van der Waals surface area contributed by atoms with Crippen molar-refractivity contribution in [2.75, 3.05) is 18.0 Å². The van der Waals surface area contributed by atoms with E-state index in [4.69, 9.17) is 4.74 Å². The molecule has 3 heterocycles. The van der Waals surface area contributed by atoms with Crippen molar-refractivity contribution in [2.24, 2.45) is 0 Å². The van der Waals surface area contributed by atoms with E-state index in [1.165, 1.54) is 3.57 Å². The van der Waals surface area contributed by atoms with Gasteiger partial charge in [0, 0.05) is 28.2 Å². The highest BCUT2D eigenvalue weighted by atomic mass is 127. The molecule has 1 aliphatic rings. The maximum absolute atomic E-state index is 5.77. The third kappa shape index (κ3) is 2.57. The van der Waals surface area contributed by atoms with E-state index in [0.717, 1.165) is 29.8 Å². The topological polar surface area (TPSA) is 30.3 Å². The molecule has 0 spiro atoms. The first-order valence-electron chi connectivity index (χ1n) is 6.31. The highest BCUT2D eigenvalue weighted by molar-refractivity contribution is 14.1. The van der Waals surface area contributed by atoms with Crippen LogP contribution in [0.4, 0.5) is 5.69 Å². The van der Waals surface area contributed by atoms with Crippen LogP contribution in [0.15, 0.2) is 18.5 Å². The Kier molecular flexibility index (Phi) is 3.65. The molecule has 3 rings (SSSR count). The minimum atomic E-state index is 0.257. The molecule has 0 unspecified atom stereocenters. The molecule has 0 aliphatic carbocycles. The minimum Gasteiger partial charge on any atom is -0.372 e. The molecule has 102 valence electrons. The predicted octanol–water partition coefficient (Wildman–Crippen LogP) is 2.95. The average molecular weight is 389 g/mol. The van der Waals surface area contributed by atoms with Crippen LogP contribution >= 0.6 is 35.4 Å². The van der Waals surface area contributed by atoms with Gasteiger partial charge in [-0.1, -0.05) is 12.8 Å². The van der Waals surface area contributed by atoms with E-state index in [9.17, 15) is 0 Å². The van der Waals surface area contributed by atoms with Gasteiger partial charge in [-0.05, 0) is 42.5 Å². The Hall–Kier alpha value is -0.470. The van der Waals surface area contributed by atoms with Gasteiger partial charge in [-0.15, -0.1) is 0 Å². The standard InChI is InChI=1S/C13H16IN3OS/c1-8-5-16(6-9(2)18-8)10-3-11-12(14)7-17(19)13(11)15-4-10/h3-4,7-9,19H,5-6H2,1-2H3/t8-,9+. The number of hydrogen-bond acceptors (Lipinski definition) is 4. The van der Waals surface area contributed by atoms with Crippen LogP contribution in [0.1, 0.15) is 13.8 Å². The van der Waals surface area contributed by atoms with Gasteiger partial charge in [0.1, 0.15) is 0 Å². The Morgan fingerprint density at radius 2 is 2.05 bits per heavy atom. The van der Waals surface area contributed by atoms with Gasteiger partial charge >= 0.3 is 0 Å². The van der Waals surface area contributed by atoms with Crippen molar-refractivity contribution in [3.05, 3.63) is 22.0 Å². The monoisotopic (exact) mass is 389 g/mol. The number of fused-ring (bicyclic) bond motifs is 1. The van der Waals surface area contributed by atoms with Crippen molar-refractivity contribution in [1.29, 1.82) is 0 Å². The Morgan fingerprint density at radius 1 is 1.37 bits per heavy atom. The van der Waals surface area contributed by atoms with E-state index < -0.39 is 0 Å². The fourth-order valence-electron chi connectivity index (χ4n) is 2.60. The molecular weight excluding hydrogens is 373 g/mol. The molecule has 19 heavy (non-hydrogen) atoms. The van der Waals surface area contributed by atoms with Gasteiger partial charge in [-0.2, -0.15) is 0 Å². The summed E-state index contributed by atoms with van der Waals surface area (Å²) in [5.41, 5.74) is 2.07. The zero-order chi connectivity index (χ0) is 13.6. The number of nitrogens with zero attached hydrogens (tertiary/aromatic N) is 3. The molecule has 0 N–H and O–H groups in total. The Balaban J connectivity index is 1.98. The van der Waals surface area contributed by atoms with Gasteiger partial charge < -0.3 is 9.64 Å². The van der Waals surface area contributed by atoms with Gasteiger partial charge in [0.25, 0.3) is 0 Å². The number of halogens is 1. The normalized spacial score (nSPS) is 24.1. The Bertz CT molecular complexity index is 605. The summed E-state index contributed by atoms with van der Waals surface area (Å²) in [5.74, 6) is 0. The summed E-state index contributed by atoms with van der Waals surface area (Å²) in [6, 6.07) is 2.20. The lowest BCUT2D eigenvalue weighted by atomic mass is 10.2. The largest absolute Gasteiger partial charge is 0.372 e. The van der Waals surface area contributed by atoms with Gasteiger partial charge in [0.2, 0.25) is 0 Å². The van der Waals surface area contributed by atoms with Crippen LogP contribution in [0.3, 0.4) is 0 Å². The quantitative estimate of drug-likeness (QED) is 0.601. The lowest BCUT2D eigenvalue weighted by Gasteiger charge is -2.36. The molecule has 1 fully saturated rings. The van der Waals surface area contributed by atoms with E-state index in [0.29, 0.717) is 0 Å². The number of thiol groups is 1. The van der Waals surface area contributed by atoms with Crippen molar-refractivity contribution in [3.63, 3.8) is 0 Å². The Morgan fingerprint density at radius 3 is 2.74 bits per heavy atom. The summed E-state index contributed by atoms with van der Waals surface area (Å²) in [4.78, 5) is 6.87. The van der Waals surface area contributed by atoms with E-state index in [-0.39, 0.29) is 12.2 Å². The second-order valence-electron chi connectivity index (χ2n) is 5.05. The first kappa shape index (κ1) is 13.5. The summed E-state index contributed by atoms with van der Waals surface area (Å²) < 4.78 is 8.72. The highest BCUT2D eigenvalue weighted by Crippen LogP contribution is 2.27. The second-order valence-corrected chi connectivity index (χ2v) is 6.64. The van der Waals surface area contributed by atoms with E-state index >= 15 is 0 Å². The van der Waals surface area contributed by atoms with Crippen LogP contribution in [-0.2, 0) is 4.74 Å². The molecule has 2 aromatic heterocycles. The van der Waals surface area contributed by atoms with Crippen LogP contribution in [0.25, 0.3) is 11.0 Å². The molecular formula is C13H16IN3OS. The minimum absolute atomic E-state index is 0.257. The molecule has 6 heteroatoms. The average Bonchev–Trinajstić information content (AvgIpc) is 2.63. The molecule has 1 aliphatic heterocycles. The fraction of sp³-hybridized carbons (Fsp3) is 0.462. The molecule has 4 nitrogen and oxygen atoms in total. The predicted molar refractivity (Wildman–Crippen MR) is 89.1 cm³/mol. The van der Waals surface area contributed by atoms with Crippen molar-refractivity contribution < 1.29 is 4.74 Å². The van der Waals surface area contributed by atoms with E-state index in [1.54, 1.807) is 3.97 Å². The molecule has 2 atom stereocenters. The first-order chi connectivity index (χ1) is 9.04. The van der Waals surface area contributed by atoms with Crippen LogP contribution in [0.2, 0.25) is 0 Å². The van der Waals surface area contributed by atoms with Gasteiger partial charge in [-0.3, -0.25) is 3.97 Å². The third-order valence-electron chi connectivity index (χ3n) is 3.35. The van der Waals surface area contributed by atoms with Crippen LogP contribution in [-0.4, -0.2) is 34.3 Å². The third-order valence-corrected chi connectivity index (χ3v) is 4.51. The van der Waals surface area contributed by atoms with Crippen molar-refractivity contribution in [3.8, 4) is 0 Å². The number of rotatable bonds is 1. The molecule has 0 bridgehead atoms. The summed E-state index contributed by atoms with van der Waals surface area (Å²) >= 11 is 6.70. The number of morpholine rings is 1. The molecule has 0 radical (unpaired) electrons. The molecule has 0 aromatic carbocycles. The molecule has 1 saturated heterocycles. The Labute approximate surface area is 131 Å².